The highest BCUT2D eigenvalue weighted by Gasteiger charge is 2.12. The molecule has 1 amide bonds. The molecular formula is C15H11BrClN3OS. The van der Waals surface area contributed by atoms with E-state index >= 15 is 0 Å². The molecule has 1 N–H and O–H groups in total. The Hall–Kier alpha value is -1.63. The summed E-state index contributed by atoms with van der Waals surface area (Å²) in [6, 6.07) is 13.0. The number of nitrogens with one attached hydrogen (secondary N) is 1. The van der Waals surface area contributed by atoms with E-state index in [-0.39, 0.29) is 5.91 Å². The van der Waals surface area contributed by atoms with Crippen LogP contribution in [0.2, 0.25) is 5.02 Å². The van der Waals surface area contributed by atoms with E-state index in [1.54, 1.807) is 23.0 Å². The van der Waals surface area contributed by atoms with Gasteiger partial charge in [-0.25, -0.2) is 4.68 Å². The van der Waals surface area contributed by atoms with E-state index in [0.717, 1.165) is 9.35 Å². The van der Waals surface area contributed by atoms with Gasteiger partial charge in [0.05, 0.1) is 21.4 Å². The van der Waals surface area contributed by atoms with Crippen LogP contribution < -0.4 is 5.32 Å². The second-order valence-corrected chi connectivity index (χ2v) is 7.39. The molecule has 1 aromatic carbocycles. The van der Waals surface area contributed by atoms with Gasteiger partial charge in [-0.1, -0.05) is 29.8 Å². The van der Waals surface area contributed by atoms with Crippen molar-refractivity contribution in [2.45, 2.75) is 6.54 Å². The number of benzene rings is 1. The van der Waals surface area contributed by atoms with E-state index in [4.69, 9.17) is 11.6 Å². The summed E-state index contributed by atoms with van der Waals surface area (Å²) in [6.07, 6.45) is 1.65. The molecule has 0 saturated heterocycles. The van der Waals surface area contributed by atoms with Gasteiger partial charge >= 0.3 is 0 Å². The van der Waals surface area contributed by atoms with Gasteiger partial charge in [0.25, 0.3) is 5.91 Å². The first-order valence-corrected chi connectivity index (χ1v) is 8.44. The van der Waals surface area contributed by atoms with Crippen LogP contribution in [-0.4, -0.2) is 15.7 Å². The molecule has 0 saturated carbocycles. The summed E-state index contributed by atoms with van der Waals surface area (Å²) < 4.78 is 2.63. The minimum Gasteiger partial charge on any atom is -0.306 e. The van der Waals surface area contributed by atoms with Crippen molar-refractivity contribution in [3.63, 3.8) is 0 Å². The van der Waals surface area contributed by atoms with Crippen LogP contribution in [0, 0.1) is 0 Å². The Morgan fingerprint density at radius 3 is 2.82 bits per heavy atom. The third kappa shape index (κ3) is 3.40. The lowest BCUT2D eigenvalue weighted by atomic mass is 10.2. The van der Waals surface area contributed by atoms with Crippen LogP contribution in [0.5, 0.6) is 0 Å². The SMILES string of the molecule is O=C(Nc1ccnn1Cc1ccccc1Cl)c1ccc(Br)s1. The van der Waals surface area contributed by atoms with Crippen LogP contribution in [0.25, 0.3) is 0 Å². The summed E-state index contributed by atoms with van der Waals surface area (Å²) in [6.45, 7) is 0.496. The highest BCUT2D eigenvalue weighted by atomic mass is 79.9. The molecule has 0 fully saturated rings. The second-order valence-electron chi connectivity index (χ2n) is 4.52. The summed E-state index contributed by atoms with van der Waals surface area (Å²) >= 11 is 10.9. The van der Waals surface area contributed by atoms with E-state index in [2.05, 4.69) is 26.3 Å². The molecule has 0 radical (unpaired) electrons. The van der Waals surface area contributed by atoms with Crippen LogP contribution in [0.4, 0.5) is 5.82 Å². The van der Waals surface area contributed by atoms with E-state index in [0.29, 0.717) is 22.3 Å². The van der Waals surface area contributed by atoms with Crippen molar-refractivity contribution in [2.75, 3.05) is 5.32 Å². The number of amides is 1. The molecule has 0 aliphatic heterocycles. The second kappa shape index (κ2) is 6.64. The molecule has 7 heteroatoms. The predicted molar refractivity (Wildman–Crippen MR) is 92.8 cm³/mol. The van der Waals surface area contributed by atoms with Gasteiger partial charge < -0.3 is 5.32 Å². The van der Waals surface area contributed by atoms with E-state index in [1.165, 1.54) is 11.3 Å². The van der Waals surface area contributed by atoms with Crippen LogP contribution in [0.15, 0.2) is 52.4 Å². The summed E-state index contributed by atoms with van der Waals surface area (Å²) in [7, 11) is 0. The van der Waals surface area contributed by atoms with Gasteiger partial charge in [0.2, 0.25) is 0 Å². The molecule has 2 heterocycles. The molecule has 3 aromatic rings. The van der Waals surface area contributed by atoms with Crippen molar-refractivity contribution in [1.82, 2.24) is 9.78 Å². The normalized spacial score (nSPS) is 10.6. The summed E-state index contributed by atoms with van der Waals surface area (Å²) in [5.41, 5.74) is 0.947. The van der Waals surface area contributed by atoms with Gasteiger partial charge in [0.15, 0.2) is 0 Å². The van der Waals surface area contributed by atoms with Crippen molar-refractivity contribution in [2.24, 2.45) is 0 Å². The fourth-order valence-electron chi connectivity index (χ4n) is 1.97. The first-order valence-electron chi connectivity index (χ1n) is 6.45. The fourth-order valence-corrected chi connectivity index (χ4v) is 3.44. The van der Waals surface area contributed by atoms with Crippen LogP contribution >= 0.6 is 38.9 Å². The highest BCUT2D eigenvalue weighted by Crippen LogP contribution is 2.23. The summed E-state index contributed by atoms with van der Waals surface area (Å²) in [4.78, 5) is 12.8. The van der Waals surface area contributed by atoms with Crippen molar-refractivity contribution >= 4 is 50.6 Å². The lowest BCUT2D eigenvalue weighted by Gasteiger charge is -2.09. The minimum atomic E-state index is -0.156. The molecular weight excluding hydrogens is 386 g/mol. The average molecular weight is 397 g/mol. The maximum Gasteiger partial charge on any atom is 0.266 e. The van der Waals surface area contributed by atoms with Gasteiger partial charge in [-0.2, -0.15) is 5.10 Å². The quantitative estimate of drug-likeness (QED) is 0.697. The Balaban J connectivity index is 1.78. The molecule has 2 aromatic heterocycles. The number of hydrogen-bond donors (Lipinski definition) is 1. The molecule has 0 unspecified atom stereocenters. The first kappa shape index (κ1) is 15.3. The molecule has 22 heavy (non-hydrogen) atoms. The lowest BCUT2D eigenvalue weighted by Crippen LogP contribution is -2.15. The van der Waals surface area contributed by atoms with E-state index in [9.17, 15) is 4.79 Å². The Labute approximate surface area is 144 Å². The van der Waals surface area contributed by atoms with Crippen molar-refractivity contribution < 1.29 is 4.79 Å². The molecule has 112 valence electrons. The number of hydrogen-bond acceptors (Lipinski definition) is 3. The van der Waals surface area contributed by atoms with Crippen molar-refractivity contribution in [1.29, 1.82) is 0 Å². The number of halogens is 2. The average Bonchev–Trinajstić information content (AvgIpc) is 3.11. The van der Waals surface area contributed by atoms with Gasteiger partial charge in [0, 0.05) is 11.1 Å². The smallest absolute Gasteiger partial charge is 0.266 e. The number of nitrogens with zero attached hydrogens (tertiary/aromatic N) is 2. The zero-order valence-electron chi connectivity index (χ0n) is 11.3. The maximum atomic E-state index is 12.2. The maximum absolute atomic E-state index is 12.2. The van der Waals surface area contributed by atoms with Crippen molar-refractivity contribution in [3.8, 4) is 0 Å². The number of anilines is 1. The molecule has 0 atom stereocenters. The lowest BCUT2D eigenvalue weighted by molar-refractivity contribution is 0.102. The van der Waals surface area contributed by atoms with Crippen LogP contribution in [0.3, 0.4) is 0 Å². The molecule has 0 aliphatic rings. The van der Waals surface area contributed by atoms with E-state index < -0.39 is 0 Å². The Morgan fingerprint density at radius 2 is 2.09 bits per heavy atom. The van der Waals surface area contributed by atoms with Crippen molar-refractivity contribution in [3.05, 3.63) is 67.9 Å². The van der Waals surface area contributed by atoms with Crippen LogP contribution in [-0.2, 0) is 6.54 Å². The number of aromatic nitrogens is 2. The number of carbonyl (C=O) groups excluding carboxylic acids is 1. The largest absolute Gasteiger partial charge is 0.306 e. The molecule has 0 bridgehead atoms. The van der Waals surface area contributed by atoms with Gasteiger partial charge in [-0.05, 0) is 39.7 Å². The number of thiophene rings is 1. The molecule has 3 rings (SSSR count). The fraction of sp³-hybridized carbons (Fsp3) is 0.0667. The zero-order chi connectivity index (χ0) is 15.5. The predicted octanol–water partition coefficient (Wildman–Crippen LogP) is 4.66. The highest BCUT2D eigenvalue weighted by molar-refractivity contribution is 9.11. The molecule has 0 spiro atoms. The summed E-state index contributed by atoms with van der Waals surface area (Å²) in [5, 5.41) is 7.79. The Bertz CT molecular complexity index is 814. The monoisotopic (exact) mass is 395 g/mol. The molecule has 4 nitrogen and oxygen atoms in total. The van der Waals surface area contributed by atoms with Gasteiger partial charge in [-0.15, -0.1) is 11.3 Å². The third-order valence-corrected chi connectivity index (χ3v) is 5.02. The van der Waals surface area contributed by atoms with E-state index in [1.807, 2.05) is 30.3 Å². The van der Waals surface area contributed by atoms with Gasteiger partial charge in [0.1, 0.15) is 5.82 Å². The standard InChI is InChI=1S/C15H11BrClN3OS/c16-13-6-5-12(22-13)15(21)19-14-7-8-18-20(14)9-10-3-1-2-4-11(10)17/h1-8H,9H2,(H,19,21). The number of carbonyl (C=O) groups is 1. The Kier molecular flexibility index (Phi) is 4.61. The topological polar surface area (TPSA) is 46.9 Å². The van der Waals surface area contributed by atoms with Gasteiger partial charge in [-0.3, -0.25) is 4.79 Å². The van der Waals surface area contributed by atoms with Crippen LogP contribution in [0.1, 0.15) is 15.2 Å². The Morgan fingerprint density at radius 1 is 1.27 bits per heavy atom. The molecule has 0 aliphatic carbocycles. The third-order valence-electron chi connectivity index (χ3n) is 3.03. The zero-order valence-corrected chi connectivity index (χ0v) is 14.5. The minimum absolute atomic E-state index is 0.156. The summed E-state index contributed by atoms with van der Waals surface area (Å²) in [5.74, 6) is 0.478. The first-order chi connectivity index (χ1) is 10.6. The number of rotatable bonds is 4.